The van der Waals surface area contributed by atoms with E-state index in [0.29, 0.717) is 0 Å². The van der Waals surface area contributed by atoms with Crippen LogP contribution in [0.4, 0.5) is 0 Å². The van der Waals surface area contributed by atoms with Crippen molar-refractivity contribution in [2.24, 2.45) is 0 Å². The molecule has 0 amide bonds. The van der Waals surface area contributed by atoms with Gasteiger partial charge < -0.3 is 0 Å². The molecule has 0 heterocycles. The molecule has 51 heavy (non-hydrogen) atoms. The molecule has 0 saturated carbocycles. The predicted octanol–water partition coefficient (Wildman–Crippen LogP) is 15.2. The van der Waals surface area contributed by atoms with Gasteiger partial charge in [0.1, 0.15) is 0 Å². The minimum atomic E-state index is 1.23. The summed E-state index contributed by atoms with van der Waals surface area (Å²) >= 11 is 0. The second-order valence-corrected chi connectivity index (χ2v) is 12.4. The highest BCUT2D eigenvalue weighted by molar-refractivity contribution is 6.29. The van der Waals surface area contributed by atoms with E-state index < -0.39 is 0 Å². The Kier molecular flexibility index (Phi) is 9.86. The van der Waals surface area contributed by atoms with Crippen molar-refractivity contribution in [1.82, 2.24) is 0 Å². The highest BCUT2D eigenvalue weighted by Crippen LogP contribution is 2.49. The Labute approximate surface area is 302 Å². The van der Waals surface area contributed by atoms with E-state index in [0.717, 1.165) is 0 Å². The predicted molar refractivity (Wildman–Crippen MR) is 225 cm³/mol. The summed E-state index contributed by atoms with van der Waals surface area (Å²) in [5, 5.41) is 10.2. The maximum Gasteiger partial charge on any atom is -0.00139 e. The van der Waals surface area contributed by atoms with Crippen molar-refractivity contribution in [3.05, 3.63) is 195 Å². The molecule has 0 saturated heterocycles. The van der Waals surface area contributed by atoms with Gasteiger partial charge in [-0.3, -0.25) is 0 Å². The molecule has 0 spiro atoms. The number of rotatable bonds is 4. The summed E-state index contributed by atoms with van der Waals surface area (Å²) in [6.45, 7) is 9.25. The molecular weight excluding hydrogens is 613 g/mol. The maximum atomic E-state index is 3.36. The standard InChI is InChI=1S/C46H30.C3H6.C2H6/c1-3-15-31(16-4-1)32-27-29-34(30-28-32)44-37-21-9-13-25-41(37)46(42-26-14-10-22-38(42)44)45-39-23-11-7-19-35(39)43(33-17-5-2-6-18-33)36-20-8-12-24-40(36)45;1-3-2;1-2/h1-30H;3H,1H2,2H3;1-2H3. The average Bonchev–Trinajstić information content (AvgIpc) is 3.21. The molecule has 0 aliphatic carbocycles. The molecule has 9 rings (SSSR count). The first kappa shape index (κ1) is 33.3. The van der Waals surface area contributed by atoms with Gasteiger partial charge in [0, 0.05) is 0 Å². The van der Waals surface area contributed by atoms with E-state index in [9.17, 15) is 0 Å². The Morgan fingerprint density at radius 2 is 0.471 bits per heavy atom. The molecule has 0 fully saturated rings. The van der Waals surface area contributed by atoms with Crippen LogP contribution in [-0.2, 0) is 0 Å². The highest BCUT2D eigenvalue weighted by Gasteiger charge is 2.22. The van der Waals surface area contributed by atoms with Crippen molar-refractivity contribution in [3.8, 4) is 44.5 Å². The van der Waals surface area contributed by atoms with Crippen LogP contribution in [0.2, 0.25) is 0 Å². The molecular formula is C51H42. The molecule has 0 aliphatic rings. The summed E-state index contributed by atoms with van der Waals surface area (Å²) < 4.78 is 0. The zero-order valence-electron chi connectivity index (χ0n) is 29.6. The normalized spacial score (nSPS) is 10.7. The van der Waals surface area contributed by atoms with Crippen LogP contribution in [0.15, 0.2) is 195 Å². The second kappa shape index (κ2) is 15.1. The monoisotopic (exact) mass is 654 g/mol. The minimum Gasteiger partial charge on any atom is -0.103 e. The van der Waals surface area contributed by atoms with E-state index in [2.05, 4.69) is 189 Å². The van der Waals surface area contributed by atoms with Gasteiger partial charge in [-0.05, 0) is 94.5 Å². The molecule has 9 aromatic rings. The second-order valence-electron chi connectivity index (χ2n) is 12.4. The Hall–Kier alpha value is -6.24. The van der Waals surface area contributed by atoms with Crippen LogP contribution < -0.4 is 0 Å². The summed E-state index contributed by atoms with van der Waals surface area (Å²) in [5.74, 6) is 0. The first-order valence-corrected chi connectivity index (χ1v) is 17.9. The summed E-state index contributed by atoms with van der Waals surface area (Å²) in [6.07, 6.45) is 1.75. The van der Waals surface area contributed by atoms with Crippen molar-refractivity contribution in [3.63, 3.8) is 0 Å². The third kappa shape index (κ3) is 6.11. The molecule has 0 aromatic heterocycles. The van der Waals surface area contributed by atoms with E-state index in [4.69, 9.17) is 0 Å². The summed E-state index contributed by atoms with van der Waals surface area (Å²) in [6, 6.07) is 66.4. The SMILES string of the molecule is C=CC.CC.c1ccc(-c2ccc(-c3c4ccccc4c(-c4c5ccccc5c(-c5ccccc5)c5ccccc45)c4ccccc34)cc2)cc1. The van der Waals surface area contributed by atoms with Crippen LogP contribution in [0, 0.1) is 0 Å². The van der Waals surface area contributed by atoms with Gasteiger partial charge in [0.15, 0.2) is 0 Å². The fraction of sp³-hybridized carbons (Fsp3) is 0.0588. The van der Waals surface area contributed by atoms with E-state index in [-0.39, 0.29) is 0 Å². The quantitative estimate of drug-likeness (QED) is 0.131. The molecule has 0 N–H and O–H groups in total. The molecule has 9 aromatic carbocycles. The van der Waals surface area contributed by atoms with Gasteiger partial charge in [-0.2, -0.15) is 0 Å². The zero-order chi connectivity index (χ0) is 35.2. The minimum absolute atomic E-state index is 1.23. The summed E-state index contributed by atoms with van der Waals surface area (Å²) in [5.41, 5.74) is 10.1. The van der Waals surface area contributed by atoms with Gasteiger partial charge in [0.25, 0.3) is 0 Å². The van der Waals surface area contributed by atoms with Gasteiger partial charge in [-0.25, -0.2) is 0 Å². The van der Waals surface area contributed by atoms with E-state index in [1.54, 1.807) is 6.08 Å². The first-order valence-electron chi connectivity index (χ1n) is 17.9. The van der Waals surface area contributed by atoms with Crippen molar-refractivity contribution < 1.29 is 0 Å². The Morgan fingerprint density at radius 1 is 0.275 bits per heavy atom. The Balaban J connectivity index is 0.000000774. The molecule has 0 bridgehead atoms. The molecule has 0 unspecified atom stereocenters. The maximum absolute atomic E-state index is 3.36. The van der Waals surface area contributed by atoms with Crippen LogP contribution in [0.3, 0.4) is 0 Å². The van der Waals surface area contributed by atoms with Crippen LogP contribution >= 0.6 is 0 Å². The lowest BCUT2D eigenvalue weighted by Gasteiger charge is -2.22. The van der Waals surface area contributed by atoms with Crippen molar-refractivity contribution in [2.75, 3.05) is 0 Å². The third-order valence-electron chi connectivity index (χ3n) is 9.46. The van der Waals surface area contributed by atoms with Crippen LogP contribution in [0.1, 0.15) is 20.8 Å². The average molecular weight is 655 g/mol. The molecule has 0 nitrogen and oxygen atoms in total. The van der Waals surface area contributed by atoms with Gasteiger partial charge in [-0.1, -0.05) is 202 Å². The summed E-state index contributed by atoms with van der Waals surface area (Å²) in [7, 11) is 0. The molecule has 0 atom stereocenters. The van der Waals surface area contributed by atoms with Gasteiger partial charge >= 0.3 is 0 Å². The highest BCUT2D eigenvalue weighted by atomic mass is 14.2. The smallest absolute Gasteiger partial charge is 0.00139 e. The van der Waals surface area contributed by atoms with Gasteiger partial charge in [0.2, 0.25) is 0 Å². The topological polar surface area (TPSA) is 0 Å². The van der Waals surface area contributed by atoms with E-state index >= 15 is 0 Å². The Morgan fingerprint density at radius 3 is 0.784 bits per heavy atom. The fourth-order valence-electron chi connectivity index (χ4n) is 7.48. The van der Waals surface area contributed by atoms with Crippen molar-refractivity contribution in [2.45, 2.75) is 20.8 Å². The summed E-state index contributed by atoms with van der Waals surface area (Å²) in [4.78, 5) is 0. The Bertz CT molecular complexity index is 2480. The third-order valence-corrected chi connectivity index (χ3v) is 9.46. The fourth-order valence-corrected chi connectivity index (χ4v) is 7.48. The van der Waals surface area contributed by atoms with E-state index in [1.807, 2.05) is 20.8 Å². The lowest BCUT2D eigenvalue weighted by atomic mass is 9.81. The lowest BCUT2D eigenvalue weighted by Crippen LogP contribution is -1.94. The molecule has 0 radical (unpaired) electrons. The number of hydrogen-bond acceptors (Lipinski definition) is 0. The molecule has 246 valence electrons. The lowest BCUT2D eigenvalue weighted by molar-refractivity contribution is 1.50. The number of hydrogen-bond donors (Lipinski definition) is 0. The number of allylic oxidation sites excluding steroid dienone is 1. The number of benzene rings is 9. The molecule has 0 aliphatic heterocycles. The zero-order valence-corrected chi connectivity index (χ0v) is 29.6. The van der Waals surface area contributed by atoms with Crippen LogP contribution in [0.25, 0.3) is 87.6 Å². The molecule has 0 heteroatoms. The van der Waals surface area contributed by atoms with E-state index in [1.165, 1.54) is 87.6 Å². The largest absolute Gasteiger partial charge is 0.103 e. The number of fused-ring (bicyclic) bond motifs is 4. The van der Waals surface area contributed by atoms with Crippen molar-refractivity contribution in [1.29, 1.82) is 0 Å². The van der Waals surface area contributed by atoms with Crippen LogP contribution in [0.5, 0.6) is 0 Å². The van der Waals surface area contributed by atoms with Gasteiger partial charge in [-0.15, -0.1) is 6.58 Å². The first-order chi connectivity index (χ1) is 25.3. The van der Waals surface area contributed by atoms with Crippen LogP contribution in [-0.4, -0.2) is 0 Å². The van der Waals surface area contributed by atoms with Crippen molar-refractivity contribution >= 4 is 43.1 Å². The van der Waals surface area contributed by atoms with Gasteiger partial charge in [0.05, 0.1) is 0 Å².